The van der Waals surface area contributed by atoms with Crippen molar-refractivity contribution in [3.8, 4) is 11.9 Å². The van der Waals surface area contributed by atoms with Gasteiger partial charge < -0.3 is 15.2 Å². The van der Waals surface area contributed by atoms with Gasteiger partial charge in [0.2, 0.25) is 5.88 Å². The van der Waals surface area contributed by atoms with Crippen LogP contribution in [0.5, 0.6) is 11.9 Å². The van der Waals surface area contributed by atoms with Gasteiger partial charge in [0, 0.05) is 12.3 Å². The Morgan fingerprint density at radius 2 is 2.24 bits per heavy atom. The molecule has 1 fully saturated rings. The van der Waals surface area contributed by atoms with Crippen molar-refractivity contribution in [1.82, 2.24) is 9.97 Å². The Balaban J connectivity index is 1.88. The first-order valence-corrected chi connectivity index (χ1v) is 6.03. The molecule has 94 valence electrons. The molecule has 5 heteroatoms. The van der Waals surface area contributed by atoms with E-state index in [1.165, 1.54) is 0 Å². The molecule has 1 aliphatic rings. The fourth-order valence-corrected chi connectivity index (χ4v) is 1.80. The Morgan fingerprint density at radius 3 is 2.88 bits per heavy atom. The Morgan fingerprint density at radius 1 is 1.47 bits per heavy atom. The molecule has 1 saturated carbocycles. The summed E-state index contributed by atoms with van der Waals surface area (Å²) in [5, 5.41) is 0. The standard InChI is InChI=1S/C12H19N3O2/c1-8(2)16-11-3-4-14-12(15-11)17-10-5-9(6-10)7-13/h3-4,8-10H,5-7,13H2,1-2H3. The van der Waals surface area contributed by atoms with Crippen molar-refractivity contribution >= 4 is 0 Å². The lowest BCUT2D eigenvalue weighted by Crippen LogP contribution is -2.38. The van der Waals surface area contributed by atoms with Crippen LogP contribution in [0.1, 0.15) is 26.7 Å². The average Bonchev–Trinajstić information content (AvgIpc) is 2.22. The lowest BCUT2D eigenvalue weighted by Gasteiger charge is -2.33. The first kappa shape index (κ1) is 12.1. The molecule has 1 aromatic rings. The number of nitrogens with zero attached hydrogens (tertiary/aromatic N) is 2. The van der Waals surface area contributed by atoms with Crippen LogP contribution in [0.25, 0.3) is 0 Å². The van der Waals surface area contributed by atoms with Gasteiger partial charge in [0.25, 0.3) is 0 Å². The minimum absolute atomic E-state index is 0.100. The van der Waals surface area contributed by atoms with E-state index in [4.69, 9.17) is 15.2 Å². The van der Waals surface area contributed by atoms with E-state index in [1.807, 2.05) is 13.8 Å². The monoisotopic (exact) mass is 237 g/mol. The molecule has 0 unspecified atom stereocenters. The summed E-state index contributed by atoms with van der Waals surface area (Å²) < 4.78 is 11.1. The number of hydrogen-bond donors (Lipinski definition) is 1. The molecule has 0 aromatic carbocycles. The third kappa shape index (κ3) is 3.30. The molecule has 0 atom stereocenters. The second-order valence-electron chi connectivity index (χ2n) is 4.66. The van der Waals surface area contributed by atoms with Gasteiger partial charge in [0.1, 0.15) is 6.10 Å². The van der Waals surface area contributed by atoms with E-state index in [0.29, 0.717) is 17.8 Å². The number of nitrogens with two attached hydrogens (primary N) is 1. The maximum atomic E-state index is 5.65. The SMILES string of the molecule is CC(C)Oc1ccnc(OC2CC(CN)C2)n1. The molecule has 1 aromatic heterocycles. The Labute approximate surface area is 101 Å². The molecule has 0 bridgehead atoms. The number of ether oxygens (including phenoxy) is 2. The van der Waals surface area contributed by atoms with E-state index in [9.17, 15) is 0 Å². The van der Waals surface area contributed by atoms with E-state index in [2.05, 4.69) is 9.97 Å². The van der Waals surface area contributed by atoms with Crippen LogP contribution in [-0.2, 0) is 0 Å². The lowest BCUT2D eigenvalue weighted by atomic mass is 9.82. The van der Waals surface area contributed by atoms with Crippen LogP contribution in [0.4, 0.5) is 0 Å². The van der Waals surface area contributed by atoms with Gasteiger partial charge in [-0.05, 0) is 39.2 Å². The summed E-state index contributed by atoms with van der Waals surface area (Å²) in [7, 11) is 0. The van der Waals surface area contributed by atoms with Crippen LogP contribution in [0.3, 0.4) is 0 Å². The fourth-order valence-electron chi connectivity index (χ4n) is 1.80. The van der Waals surface area contributed by atoms with E-state index in [1.54, 1.807) is 12.3 Å². The summed E-state index contributed by atoms with van der Waals surface area (Å²) >= 11 is 0. The molecule has 5 nitrogen and oxygen atoms in total. The van der Waals surface area contributed by atoms with Crippen LogP contribution in [0.15, 0.2) is 12.3 Å². The van der Waals surface area contributed by atoms with Crippen LogP contribution >= 0.6 is 0 Å². The normalized spacial score (nSPS) is 23.3. The van der Waals surface area contributed by atoms with Gasteiger partial charge in [-0.15, -0.1) is 0 Å². The molecule has 0 aliphatic heterocycles. The quantitative estimate of drug-likeness (QED) is 0.837. The number of rotatable bonds is 5. The van der Waals surface area contributed by atoms with Gasteiger partial charge >= 0.3 is 6.01 Å². The first-order chi connectivity index (χ1) is 8.17. The van der Waals surface area contributed by atoms with Crippen LogP contribution in [-0.4, -0.2) is 28.7 Å². The molecule has 1 aliphatic carbocycles. The Hall–Kier alpha value is -1.36. The van der Waals surface area contributed by atoms with Crippen molar-refractivity contribution in [1.29, 1.82) is 0 Å². The summed E-state index contributed by atoms with van der Waals surface area (Å²) in [4.78, 5) is 8.27. The van der Waals surface area contributed by atoms with Crippen molar-refractivity contribution in [3.63, 3.8) is 0 Å². The van der Waals surface area contributed by atoms with Gasteiger partial charge in [-0.25, -0.2) is 4.98 Å². The van der Waals surface area contributed by atoms with E-state index in [0.717, 1.165) is 19.4 Å². The summed E-state index contributed by atoms with van der Waals surface area (Å²) in [5.41, 5.74) is 5.56. The summed E-state index contributed by atoms with van der Waals surface area (Å²) in [6.07, 6.45) is 3.95. The molecule has 17 heavy (non-hydrogen) atoms. The lowest BCUT2D eigenvalue weighted by molar-refractivity contribution is 0.0592. The van der Waals surface area contributed by atoms with E-state index < -0.39 is 0 Å². The Bertz CT molecular complexity index is 365. The van der Waals surface area contributed by atoms with Gasteiger partial charge in [-0.3, -0.25) is 0 Å². The topological polar surface area (TPSA) is 70.3 Å². The molecule has 0 amide bonds. The zero-order chi connectivity index (χ0) is 12.3. The second-order valence-corrected chi connectivity index (χ2v) is 4.66. The highest BCUT2D eigenvalue weighted by molar-refractivity contribution is 5.11. The minimum Gasteiger partial charge on any atom is -0.475 e. The second kappa shape index (κ2) is 5.31. The van der Waals surface area contributed by atoms with Crippen LogP contribution in [0.2, 0.25) is 0 Å². The number of aromatic nitrogens is 2. The molecular weight excluding hydrogens is 218 g/mol. The summed E-state index contributed by atoms with van der Waals surface area (Å²) in [6.45, 7) is 4.65. The van der Waals surface area contributed by atoms with Crippen LogP contribution in [0, 0.1) is 5.92 Å². The van der Waals surface area contributed by atoms with E-state index in [-0.39, 0.29) is 12.2 Å². The largest absolute Gasteiger partial charge is 0.475 e. The molecule has 0 spiro atoms. The van der Waals surface area contributed by atoms with Crippen molar-refractivity contribution < 1.29 is 9.47 Å². The molecular formula is C12H19N3O2. The van der Waals surface area contributed by atoms with Gasteiger partial charge in [-0.1, -0.05) is 0 Å². The predicted molar refractivity (Wildman–Crippen MR) is 64.0 cm³/mol. The molecule has 0 radical (unpaired) electrons. The molecule has 2 N–H and O–H groups in total. The summed E-state index contributed by atoms with van der Waals surface area (Å²) in [6, 6.07) is 2.12. The van der Waals surface area contributed by atoms with E-state index >= 15 is 0 Å². The molecule has 1 heterocycles. The van der Waals surface area contributed by atoms with Crippen molar-refractivity contribution in [2.75, 3.05) is 6.54 Å². The number of hydrogen-bond acceptors (Lipinski definition) is 5. The third-order valence-electron chi connectivity index (χ3n) is 2.76. The highest BCUT2D eigenvalue weighted by atomic mass is 16.5. The van der Waals surface area contributed by atoms with Crippen molar-refractivity contribution in [2.45, 2.75) is 38.9 Å². The van der Waals surface area contributed by atoms with Gasteiger partial charge in [-0.2, -0.15) is 4.98 Å². The maximum Gasteiger partial charge on any atom is 0.319 e. The van der Waals surface area contributed by atoms with Gasteiger partial charge in [0.05, 0.1) is 6.10 Å². The predicted octanol–water partition coefficient (Wildman–Crippen LogP) is 1.38. The maximum absolute atomic E-state index is 5.65. The van der Waals surface area contributed by atoms with Crippen molar-refractivity contribution in [2.24, 2.45) is 11.7 Å². The fraction of sp³-hybridized carbons (Fsp3) is 0.667. The van der Waals surface area contributed by atoms with Crippen LogP contribution < -0.4 is 15.2 Å². The molecule has 0 saturated heterocycles. The summed E-state index contributed by atoms with van der Waals surface area (Å²) in [5.74, 6) is 1.15. The molecule has 2 rings (SSSR count). The average molecular weight is 237 g/mol. The highest BCUT2D eigenvalue weighted by Gasteiger charge is 2.30. The zero-order valence-electron chi connectivity index (χ0n) is 10.3. The van der Waals surface area contributed by atoms with Crippen molar-refractivity contribution in [3.05, 3.63) is 12.3 Å². The third-order valence-corrected chi connectivity index (χ3v) is 2.76. The minimum atomic E-state index is 0.100. The highest BCUT2D eigenvalue weighted by Crippen LogP contribution is 2.29. The smallest absolute Gasteiger partial charge is 0.319 e. The Kier molecular flexibility index (Phi) is 3.78. The zero-order valence-corrected chi connectivity index (χ0v) is 10.3. The van der Waals surface area contributed by atoms with Gasteiger partial charge in [0.15, 0.2) is 0 Å². The first-order valence-electron chi connectivity index (χ1n) is 6.03.